The van der Waals surface area contributed by atoms with Gasteiger partial charge >= 0.3 is 0 Å². The van der Waals surface area contributed by atoms with Gasteiger partial charge in [0, 0.05) is 30.4 Å². The normalized spacial score (nSPS) is 19.2. The van der Waals surface area contributed by atoms with Crippen LogP contribution in [0, 0.1) is 5.92 Å². The molecule has 0 amide bonds. The van der Waals surface area contributed by atoms with Crippen molar-refractivity contribution in [2.45, 2.75) is 18.2 Å². The first-order valence-electron chi connectivity index (χ1n) is 6.49. The SMILES string of the molecule is CCNc1ncc(Br)cc1S(=O)(=O)NCC1CCOC1. The topological polar surface area (TPSA) is 80.3 Å². The minimum Gasteiger partial charge on any atom is -0.381 e. The first kappa shape index (κ1) is 15.7. The molecule has 1 unspecified atom stereocenters. The lowest BCUT2D eigenvalue weighted by Crippen LogP contribution is -2.30. The van der Waals surface area contributed by atoms with Gasteiger partial charge in [-0.05, 0) is 41.3 Å². The van der Waals surface area contributed by atoms with E-state index in [1.807, 2.05) is 6.92 Å². The summed E-state index contributed by atoms with van der Waals surface area (Å²) in [4.78, 5) is 4.27. The van der Waals surface area contributed by atoms with Gasteiger partial charge in [-0.1, -0.05) is 0 Å². The van der Waals surface area contributed by atoms with Crippen LogP contribution in [0.3, 0.4) is 0 Å². The minimum absolute atomic E-state index is 0.160. The highest BCUT2D eigenvalue weighted by Crippen LogP contribution is 2.23. The number of ether oxygens (including phenoxy) is 1. The molecule has 0 spiro atoms. The predicted molar refractivity (Wildman–Crippen MR) is 80.2 cm³/mol. The summed E-state index contributed by atoms with van der Waals surface area (Å²) in [6.45, 7) is 4.20. The number of rotatable bonds is 6. The van der Waals surface area contributed by atoms with Crippen molar-refractivity contribution in [2.24, 2.45) is 5.92 Å². The molecule has 2 rings (SSSR count). The summed E-state index contributed by atoms with van der Waals surface area (Å²) in [5.74, 6) is 0.610. The highest BCUT2D eigenvalue weighted by molar-refractivity contribution is 9.10. The molecule has 2 heterocycles. The van der Waals surface area contributed by atoms with Crippen molar-refractivity contribution in [1.82, 2.24) is 9.71 Å². The summed E-state index contributed by atoms with van der Waals surface area (Å²) in [5.41, 5.74) is 0. The van der Waals surface area contributed by atoms with Crippen molar-refractivity contribution in [3.05, 3.63) is 16.7 Å². The molecule has 112 valence electrons. The van der Waals surface area contributed by atoms with Crippen LogP contribution in [-0.4, -0.2) is 39.7 Å². The summed E-state index contributed by atoms with van der Waals surface area (Å²) in [6.07, 6.45) is 2.46. The largest absolute Gasteiger partial charge is 0.381 e. The summed E-state index contributed by atoms with van der Waals surface area (Å²) >= 11 is 3.25. The van der Waals surface area contributed by atoms with Crippen LogP contribution >= 0.6 is 15.9 Å². The molecular weight excluding hydrogens is 346 g/mol. The van der Waals surface area contributed by atoms with E-state index < -0.39 is 10.0 Å². The van der Waals surface area contributed by atoms with Gasteiger partial charge in [0.05, 0.1) is 6.61 Å². The Bertz CT molecular complexity index is 559. The lowest BCUT2D eigenvalue weighted by atomic mass is 10.1. The van der Waals surface area contributed by atoms with Crippen LogP contribution in [0.25, 0.3) is 0 Å². The monoisotopic (exact) mass is 363 g/mol. The highest BCUT2D eigenvalue weighted by atomic mass is 79.9. The van der Waals surface area contributed by atoms with Crippen LogP contribution < -0.4 is 10.0 Å². The average Bonchev–Trinajstić information content (AvgIpc) is 2.92. The third-order valence-corrected chi connectivity index (χ3v) is 4.91. The molecule has 1 atom stereocenters. The van der Waals surface area contributed by atoms with Crippen molar-refractivity contribution in [1.29, 1.82) is 0 Å². The number of nitrogens with one attached hydrogen (secondary N) is 2. The molecule has 6 nitrogen and oxygen atoms in total. The molecule has 0 aliphatic carbocycles. The van der Waals surface area contributed by atoms with Gasteiger partial charge in [-0.25, -0.2) is 18.1 Å². The number of hydrogen-bond acceptors (Lipinski definition) is 5. The first-order valence-corrected chi connectivity index (χ1v) is 8.77. The Labute approximate surface area is 127 Å². The summed E-state index contributed by atoms with van der Waals surface area (Å²) in [7, 11) is -3.58. The fourth-order valence-corrected chi connectivity index (χ4v) is 3.73. The second-order valence-corrected chi connectivity index (χ2v) is 7.26. The van der Waals surface area contributed by atoms with Gasteiger partial charge < -0.3 is 10.1 Å². The van der Waals surface area contributed by atoms with Gasteiger partial charge in [0.15, 0.2) is 0 Å². The molecule has 0 radical (unpaired) electrons. The smallest absolute Gasteiger partial charge is 0.244 e. The second-order valence-electron chi connectivity index (χ2n) is 4.61. The quantitative estimate of drug-likeness (QED) is 0.801. The molecular formula is C12H18BrN3O3S. The third-order valence-electron chi connectivity index (χ3n) is 3.04. The highest BCUT2D eigenvalue weighted by Gasteiger charge is 2.23. The Morgan fingerprint density at radius 1 is 1.55 bits per heavy atom. The lowest BCUT2D eigenvalue weighted by Gasteiger charge is -2.13. The molecule has 1 aliphatic heterocycles. The molecule has 0 bridgehead atoms. The molecule has 8 heteroatoms. The van der Waals surface area contributed by atoms with Crippen molar-refractivity contribution >= 4 is 31.8 Å². The Morgan fingerprint density at radius 3 is 3.00 bits per heavy atom. The molecule has 1 aromatic rings. The second kappa shape index (κ2) is 6.84. The molecule has 20 heavy (non-hydrogen) atoms. The number of nitrogens with zero attached hydrogens (tertiary/aromatic N) is 1. The third kappa shape index (κ3) is 3.91. The number of anilines is 1. The van der Waals surface area contributed by atoms with Crippen molar-refractivity contribution in [3.8, 4) is 0 Å². The minimum atomic E-state index is -3.58. The zero-order chi connectivity index (χ0) is 14.6. The summed E-state index contributed by atoms with van der Waals surface area (Å²) in [5, 5.41) is 2.96. The summed E-state index contributed by atoms with van der Waals surface area (Å²) in [6, 6.07) is 1.55. The van der Waals surface area contributed by atoms with Crippen molar-refractivity contribution in [3.63, 3.8) is 0 Å². The van der Waals surface area contributed by atoms with Crippen LogP contribution in [0.2, 0.25) is 0 Å². The standard InChI is InChI=1S/C12H18BrN3O3S/c1-2-14-12-11(5-10(13)7-15-12)20(17,18)16-6-9-3-4-19-8-9/h5,7,9,16H,2-4,6,8H2,1H3,(H,14,15). The fourth-order valence-electron chi connectivity index (χ4n) is 1.98. The summed E-state index contributed by atoms with van der Waals surface area (Å²) < 4.78 is 33.3. The van der Waals surface area contributed by atoms with Crippen molar-refractivity contribution < 1.29 is 13.2 Å². The Morgan fingerprint density at radius 2 is 2.35 bits per heavy atom. The Hall–Kier alpha value is -0.700. The maximum atomic E-state index is 12.4. The fraction of sp³-hybridized carbons (Fsp3) is 0.583. The van der Waals surface area contributed by atoms with Gasteiger partial charge in [-0.15, -0.1) is 0 Å². The van der Waals surface area contributed by atoms with E-state index >= 15 is 0 Å². The average molecular weight is 364 g/mol. The Kier molecular flexibility index (Phi) is 5.36. The molecule has 0 saturated carbocycles. The van der Waals surface area contributed by atoms with E-state index in [1.165, 1.54) is 0 Å². The number of pyridine rings is 1. The van der Waals surface area contributed by atoms with E-state index in [2.05, 4.69) is 31.0 Å². The maximum absolute atomic E-state index is 12.4. The van der Waals surface area contributed by atoms with E-state index in [4.69, 9.17) is 4.74 Å². The van der Waals surface area contributed by atoms with E-state index in [0.717, 1.165) is 6.42 Å². The number of sulfonamides is 1. The van der Waals surface area contributed by atoms with Gasteiger partial charge in [-0.3, -0.25) is 0 Å². The zero-order valence-corrected chi connectivity index (χ0v) is 13.6. The Balaban J connectivity index is 2.16. The molecule has 1 aromatic heterocycles. The van der Waals surface area contributed by atoms with Crippen LogP contribution in [0.4, 0.5) is 5.82 Å². The molecule has 0 aromatic carbocycles. The van der Waals surface area contributed by atoms with Gasteiger partial charge in [-0.2, -0.15) is 0 Å². The molecule has 1 aliphatic rings. The number of aromatic nitrogens is 1. The maximum Gasteiger partial charge on any atom is 0.244 e. The molecule has 1 fully saturated rings. The molecule has 2 N–H and O–H groups in total. The van der Waals surface area contributed by atoms with Gasteiger partial charge in [0.2, 0.25) is 10.0 Å². The van der Waals surface area contributed by atoms with E-state index in [0.29, 0.717) is 36.6 Å². The lowest BCUT2D eigenvalue weighted by molar-refractivity contribution is 0.186. The van der Waals surface area contributed by atoms with E-state index in [1.54, 1.807) is 12.3 Å². The molecule has 1 saturated heterocycles. The van der Waals surface area contributed by atoms with E-state index in [9.17, 15) is 8.42 Å². The van der Waals surface area contributed by atoms with E-state index in [-0.39, 0.29) is 10.8 Å². The number of hydrogen-bond donors (Lipinski definition) is 2. The van der Waals surface area contributed by atoms with Gasteiger partial charge in [0.25, 0.3) is 0 Å². The zero-order valence-electron chi connectivity index (χ0n) is 11.2. The van der Waals surface area contributed by atoms with Gasteiger partial charge in [0.1, 0.15) is 10.7 Å². The van der Waals surface area contributed by atoms with Crippen LogP contribution in [0.1, 0.15) is 13.3 Å². The predicted octanol–water partition coefficient (Wildman–Crippen LogP) is 1.59. The number of halogens is 1. The van der Waals surface area contributed by atoms with Crippen LogP contribution in [0.15, 0.2) is 21.6 Å². The van der Waals surface area contributed by atoms with Crippen molar-refractivity contribution in [2.75, 3.05) is 31.6 Å². The van der Waals surface area contributed by atoms with Crippen LogP contribution in [-0.2, 0) is 14.8 Å². The first-order chi connectivity index (χ1) is 9.53. The van der Waals surface area contributed by atoms with Crippen LogP contribution in [0.5, 0.6) is 0 Å².